The van der Waals surface area contributed by atoms with Gasteiger partial charge in [-0.25, -0.2) is 0 Å². The lowest BCUT2D eigenvalue weighted by Crippen LogP contribution is -2.38. The monoisotopic (exact) mass is 221 g/mol. The van der Waals surface area contributed by atoms with Gasteiger partial charge in [-0.1, -0.05) is 26.0 Å². The van der Waals surface area contributed by atoms with Gasteiger partial charge in [-0.2, -0.15) is 0 Å². The van der Waals surface area contributed by atoms with Gasteiger partial charge < -0.3 is 10.5 Å². The lowest BCUT2D eigenvalue weighted by atomic mass is 10.1. The largest absolute Gasteiger partial charge is 0.480 e. The van der Waals surface area contributed by atoms with Crippen LogP contribution in [-0.2, 0) is 4.79 Å². The molecule has 0 saturated carbocycles. The van der Waals surface area contributed by atoms with Gasteiger partial charge in [0, 0.05) is 0 Å². The maximum Gasteiger partial charge on any atom is 0.258 e. The first-order chi connectivity index (χ1) is 7.43. The predicted molar refractivity (Wildman–Crippen MR) is 64.4 cm³/mol. The van der Waals surface area contributed by atoms with Gasteiger partial charge in [0.25, 0.3) is 5.91 Å². The Hall–Kier alpha value is -1.51. The van der Waals surface area contributed by atoms with E-state index >= 15 is 0 Å². The minimum atomic E-state index is -0.569. The fourth-order valence-electron chi connectivity index (χ4n) is 1.51. The van der Waals surface area contributed by atoms with Crippen LogP contribution in [0.2, 0.25) is 0 Å². The second-order valence-electron chi connectivity index (χ2n) is 4.38. The van der Waals surface area contributed by atoms with Gasteiger partial charge in [-0.05, 0) is 37.0 Å². The van der Waals surface area contributed by atoms with E-state index in [4.69, 9.17) is 10.5 Å². The number of aryl methyl sites for hydroxylation is 1. The summed E-state index contributed by atoms with van der Waals surface area (Å²) in [5.74, 6) is 0.380. The summed E-state index contributed by atoms with van der Waals surface area (Å²) in [4.78, 5) is 11.2. The normalized spacial score (nSPS) is 12.6. The van der Waals surface area contributed by atoms with Gasteiger partial charge in [0.05, 0.1) is 0 Å². The maximum atomic E-state index is 11.2. The van der Waals surface area contributed by atoms with Gasteiger partial charge in [0.2, 0.25) is 0 Å². The van der Waals surface area contributed by atoms with Crippen LogP contribution in [0.4, 0.5) is 0 Å². The molecular weight excluding hydrogens is 202 g/mol. The molecule has 0 bridgehead atoms. The number of rotatable bonds is 4. The van der Waals surface area contributed by atoms with E-state index in [1.165, 1.54) is 0 Å². The second kappa shape index (κ2) is 5.01. The average molecular weight is 221 g/mol. The van der Waals surface area contributed by atoms with Crippen molar-refractivity contribution in [3.63, 3.8) is 0 Å². The van der Waals surface area contributed by atoms with Crippen LogP contribution in [0.1, 0.15) is 25.0 Å². The molecule has 0 aliphatic heterocycles. The van der Waals surface area contributed by atoms with Crippen molar-refractivity contribution in [3.8, 4) is 5.75 Å². The lowest BCUT2D eigenvalue weighted by molar-refractivity contribution is -0.126. The van der Waals surface area contributed by atoms with E-state index < -0.39 is 12.0 Å². The summed E-state index contributed by atoms with van der Waals surface area (Å²) in [5, 5.41) is 0. The van der Waals surface area contributed by atoms with Crippen LogP contribution in [0, 0.1) is 19.8 Å². The third-order valence-corrected chi connectivity index (χ3v) is 2.69. The third-order valence-electron chi connectivity index (χ3n) is 2.69. The average Bonchev–Trinajstić information content (AvgIpc) is 2.19. The quantitative estimate of drug-likeness (QED) is 0.847. The van der Waals surface area contributed by atoms with Crippen molar-refractivity contribution in [3.05, 3.63) is 29.3 Å². The maximum absolute atomic E-state index is 11.2. The number of amides is 1. The zero-order valence-corrected chi connectivity index (χ0v) is 10.3. The minimum Gasteiger partial charge on any atom is -0.480 e. The van der Waals surface area contributed by atoms with Crippen LogP contribution in [0.25, 0.3) is 0 Å². The highest BCUT2D eigenvalue weighted by molar-refractivity contribution is 5.79. The molecule has 1 unspecified atom stereocenters. The molecule has 2 N–H and O–H groups in total. The van der Waals surface area contributed by atoms with E-state index in [-0.39, 0.29) is 5.92 Å². The van der Waals surface area contributed by atoms with E-state index in [2.05, 4.69) is 0 Å². The van der Waals surface area contributed by atoms with Crippen LogP contribution in [0.3, 0.4) is 0 Å². The molecule has 0 heterocycles. The molecule has 1 aromatic carbocycles. The zero-order valence-electron chi connectivity index (χ0n) is 10.3. The number of nitrogens with two attached hydrogens (primary N) is 1. The summed E-state index contributed by atoms with van der Waals surface area (Å²) in [7, 11) is 0. The molecule has 1 aromatic rings. The van der Waals surface area contributed by atoms with E-state index in [9.17, 15) is 4.79 Å². The van der Waals surface area contributed by atoms with E-state index in [0.29, 0.717) is 0 Å². The summed E-state index contributed by atoms with van der Waals surface area (Å²) in [6.45, 7) is 7.82. The standard InChI is InChI=1S/C13H19NO2/c1-8(2)12(13(14)15)16-11-7-5-6-9(3)10(11)4/h5-8,12H,1-4H3,(H2,14,15). The molecule has 88 valence electrons. The first-order valence-corrected chi connectivity index (χ1v) is 5.45. The summed E-state index contributed by atoms with van der Waals surface area (Å²) >= 11 is 0. The van der Waals surface area contributed by atoms with Crippen molar-refractivity contribution in [1.82, 2.24) is 0 Å². The highest BCUT2D eigenvalue weighted by atomic mass is 16.5. The Morgan fingerprint density at radius 2 is 1.94 bits per heavy atom. The van der Waals surface area contributed by atoms with Crippen LogP contribution in [0.15, 0.2) is 18.2 Å². The smallest absolute Gasteiger partial charge is 0.258 e. The first-order valence-electron chi connectivity index (χ1n) is 5.45. The molecule has 1 amide bonds. The molecule has 1 atom stereocenters. The van der Waals surface area contributed by atoms with Crippen LogP contribution in [-0.4, -0.2) is 12.0 Å². The van der Waals surface area contributed by atoms with E-state index in [1.54, 1.807) is 0 Å². The van der Waals surface area contributed by atoms with Crippen LogP contribution in [0.5, 0.6) is 5.75 Å². The van der Waals surface area contributed by atoms with Crippen molar-refractivity contribution in [2.45, 2.75) is 33.8 Å². The predicted octanol–water partition coefficient (Wildman–Crippen LogP) is 2.19. The summed E-state index contributed by atoms with van der Waals surface area (Å²) in [6.07, 6.45) is -0.569. The lowest BCUT2D eigenvalue weighted by Gasteiger charge is -2.21. The number of primary amides is 1. The molecule has 0 radical (unpaired) electrons. The Morgan fingerprint density at radius 1 is 1.31 bits per heavy atom. The van der Waals surface area contributed by atoms with Crippen LogP contribution < -0.4 is 10.5 Å². The van der Waals surface area contributed by atoms with Crippen molar-refractivity contribution in [2.24, 2.45) is 11.7 Å². The molecule has 1 rings (SSSR count). The Balaban J connectivity index is 2.94. The fourth-order valence-corrected chi connectivity index (χ4v) is 1.51. The van der Waals surface area contributed by atoms with Gasteiger partial charge in [-0.3, -0.25) is 4.79 Å². The molecule has 3 heteroatoms. The number of carbonyl (C=O) groups is 1. The first kappa shape index (κ1) is 12.6. The fraction of sp³-hybridized carbons (Fsp3) is 0.462. The second-order valence-corrected chi connectivity index (χ2v) is 4.38. The molecule has 0 aliphatic rings. The summed E-state index contributed by atoms with van der Waals surface area (Å²) in [5.41, 5.74) is 7.50. The number of hydrogen-bond donors (Lipinski definition) is 1. The van der Waals surface area contributed by atoms with Crippen molar-refractivity contribution in [2.75, 3.05) is 0 Å². The number of ether oxygens (including phenoxy) is 1. The number of benzene rings is 1. The van der Waals surface area contributed by atoms with Gasteiger partial charge in [-0.15, -0.1) is 0 Å². The molecule has 0 fully saturated rings. The Morgan fingerprint density at radius 3 is 2.44 bits per heavy atom. The Labute approximate surface area is 96.6 Å². The van der Waals surface area contributed by atoms with E-state index in [1.807, 2.05) is 45.9 Å². The summed E-state index contributed by atoms with van der Waals surface area (Å²) < 4.78 is 5.67. The Bertz CT molecular complexity index is 386. The highest BCUT2D eigenvalue weighted by Crippen LogP contribution is 2.23. The molecular formula is C13H19NO2. The molecule has 3 nitrogen and oxygen atoms in total. The third kappa shape index (κ3) is 2.75. The van der Waals surface area contributed by atoms with E-state index in [0.717, 1.165) is 16.9 Å². The Kier molecular flexibility index (Phi) is 3.93. The number of carbonyl (C=O) groups excluding carboxylic acids is 1. The highest BCUT2D eigenvalue weighted by Gasteiger charge is 2.22. The SMILES string of the molecule is Cc1cccc(OC(C(N)=O)C(C)C)c1C. The van der Waals surface area contributed by atoms with Crippen molar-refractivity contribution >= 4 is 5.91 Å². The molecule has 0 spiro atoms. The topological polar surface area (TPSA) is 52.3 Å². The molecule has 0 saturated heterocycles. The summed E-state index contributed by atoms with van der Waals surface area (Å²) in [6, 6.07) is 5.79. The van der Waals surface area contributed by atoms with Gasteiger partial charge in [0.1, 0.15) is 5.75 Å². The van der Waals surface area contributed by atoms with Crippen LogP contribution >= 0.6 is 0 Å². The molecule has 16 heavy (non-hydrogen) atoms. The minimum absolute atomic E-state index is 0.0670. The molecule has 0 aliphatic carbocycles. The number of hydrogen-bond acceptors (Lipinski definition) is 2. The van der Waals surface area contributed by atoms with Gasteiger partial charge >= 0.3 is 0 Å². The molecule has 0 aromatic heterocycles. The van der Waals surface area contributed by atoms with Crippen molar-refractivity contribution < 1.29 is 9.53 Å². The van der Waals surface area contributed by atoms with Gasteiger partial charge in [0.15, 0.2) is 6.10 Å². The van der Waals surface area contributed by atoms with Crippen molar-refractivity contribution in [1.29, 1.82) is 0 Å². The zero-order chi connectivity index (χ0) is 12.3.